The summed E-state index contributed by atoms with van der Waals surface area (Å²) >= 11 is 5.77. The van der Waals surface area contributed by atoms with Crippen LogP contribution in [-0.4, -0.2) is 23.5 Å². The molecule has 0 bridgehead atoms. The Hall–Kier alpha value is -1.62. The molecule has 0 atom stereocenters. The highest BCUT2D eigenvalue weighted by atomic mass is 35.5. The smallest absolute Gasteiger partial charge is 0.322 e. The normalized spacial score (nSPS) is 10.0. The first-order valence-corrected chi connectivity index (χ1v) is 5.30. The molecule has 0 aliphatic rings. The highest BCUT2D eigenvalue weighted by Gasteiger charge is 2.10. The fourth-order valence-corrected chi connectivity index (χ4v) is 1.53. The van der Waals surface area contributed by atoms with E-state index in [4.69, 9.17) is 16.7 Å². The molecule has 0 unspecified atom stereocenters. The second-order valence-corrected chi connectivity index (χ2v) is 3.78. The summed E-state index contributed by atoms with van der Waals surface area (Å²) < 4.78 is 13.3. The number of hydrogen-bond donors (Lipinski definition) is 2. The van der Waals surface area contributed by atoms with Gasteiger partial charge in [0.05, 0.1) is 0 Å². The first kappa shape index (κ1) is 13.4. The molecule has 92 valence electrons. The number of amides is 1. The Morgan fingerprint density at radius 1 is 1.41 bits per heavy atom. The van der Waals surface area contributed by atoms with Crippen molar-refractivity contribution in [1.29, 1.82) is 0 Å². The van der Waals surface area contributed by atoms with Crippen LogP contribution in [0.15, 0.2) is 18.2 Å². The van der Waals surface area contributed by atoms with Crippen LogP contribution >= 0.6 is 11.6 Å². The zero-order chi connectivity index (χ0) is 12.8. The van der Waals surface area contributed by atoms with Crippen LogP contribution in [0.4, 0.5) is 4.39 Å². The van der Waals surface area contributed by atoms with Gasteiger partial charge in [0, 0.05) is 17.0 Å². The summed E-state index contributed by atoms with van der Waals surface area (Å²) in [6.45, 7) is -0.441. The topological polar surface area (TPSA) is 66.4 Å². The Balaban J connectivity index is 2.50. The van der Waals surface area contributed by atoms with Crippen LogP contribution < -0.4 is 5.32 Å². The van der Waals surface area contributed by atoms with Gasteiger partial charge in [-0.25, -0.2) is 4.39 Å². The lowest BCUT2D eigenvalue weighted by Gasteiger charge is -2.05. The minimum Gasteiger partial charge on any atom is -0.480 e. The van der Waals surface area contributed by atoms with Crippen LogP contribution in [0.1, 0.15) is 12.0 Å². The van der Waals surface area contributed by atoms with E-state index in [0.717, 1.165) is 0 Å². The molecule has 0 aliphatic carbocycles. The molecule has 17 heavy (non-hydrogen) atoms. The maximum Gasteiger partial charge on any atom is 0.322 e. The predicted octanol–water partition coefficient (Wildman–Crippen LogP) is 1.61. The lowest BCUT2D eigenvalue weighted by Crippen LogP contribution is -2.29. The Morgan fingerprint density at radius 3 is 2.71 bits per heavy atom. The van der Waals surface area contributed by atoms with Gasteiger partial charge in [0.25, 0.3) is 0 Å². The number of carbonyl (C=O) groups excluding carboxylic acids is 1. The Bertz CT molecular complexity index is 416. The van der Waals surface area contributed by atoms with Crippen molar-refractivity contribution in [1.82, 2.24) is 5.32 Å². The van der Waals surface area contributed by atoms with Gasteiger partial charge < -0.3 is 10.4 Å². The van der Waals surface area contributed by atoms with Crippen LogP contribution in [0.25, 0.3) is 0 Å². The molecule has 0 aromatic heterocycles. The number of aliphatic carboxylic acids is 1. The maximum atomic E-state index is 13.3. The van der Waals surface area contributed by atoms with Crippen LogP contribution in [0.5, 0.6) is 0 Å². The third-order valence-corrected chi connectivity index (χ3v) is 2.45. The summed E-state index contributed by atoms with van der Waals surface area (Å²) in [4.78, 5) is 21.4. The molecule has 0 heterocycles. The summed E-state index contributed by atoms with van der Waals surface area (Å²) in [5, 5.41) is 10.8. The van der Waals surface area contributed by atoms with Crippen molar-refractivity contribution >= 4 is 23.5 Å². The summed E-state index contributed by atoms with van der Waals surface area (Å²) in [6.07, 6.45) is 0.130. The second kappa shape index (κ2) is 6.20. The van der Waals surface area contributed by atoms with Gasteiger partial charge in [0.15, 0.2) is 0 Å². The second-order valence-electron chi connectivity index (χ2n) is 3.37. The van der Waals surface area contributed by atoms with Crippen molar-refractivity contribution in [2.24, 2.45) is 0 Å². The average Bonchev–Trinajstić information content (AvgIpc) is 2.25. The molecule has 0 saturated carbocycles. The van der Waals surface area contributed by atoms with Crippen molar-refractivity contribution < 1.29 is 19.1 Å². The standard InChI is InChI=1S/C11H11ClFNO3/c12-8-2-1-3-9(13)7(8)4-5-10(15)14-6-11(16)17/h1-3H,4-6H2,(H,14,15)(H,16,17). The van der Waals surface area contributed by atoms with Gasteiger partial charge >= 0.3 is 5.97 Å². The van der Waals surface area contributed by atoms with E-state index in [0.29, 0.717) is 0 Å². The molecule has 1 rings (SSSR count). The highest BCUT2D eigenvalue weighted by Crippen LogP contribution is 2.20. The molecule has 0 fully saturated rings. The van der Waals surface area contributed by atoms with Crippen LogP contribution in [0.2, 0.25) is 5.02 Å². The number of carboxylic acids is 1. The largest absolute Gasteiger partial charge is 0.480 e. The molecule has 0 radical (unpaired) electrons. The van der Waals surface area contributed by atoms with E-state index < -0.39 is 24.2 Å². The zero-order valence-electron chi connectivity index (χ0n) is 8.87. The van der Waals surface area contributed by atoms with E-state index in [1.54, 1.807) is 0 Å². The average molecular weight is 260 g/mol. The van der Waals surface area contributed by atoms with Crippen molar-refractivity contribution in [3.05, 3.63) is 34.6 Å². The van der Waals surface area contributed by atoms with E-state index in [1.807, 2.05) is 0 Å². The molecule has 1 aromatic rings. The molecule has 4 nitrogen and oxygen atoms in total. The third-order valence-electron chi connectivity index (χ3n) is 2.10. The molecular weight excluding hydrogens is 249 g/mol. The maximum absolute atomic E-state index is 13.3. The Kier molecular flexibility index (Phi) is 4.90. The van der Waals surface area contributed by atoms with Gasteiger partial charge in [-0.05, 0) is 18.6 Å². The van der Waals surface area contributed by atoms with Gasteiger partial charge in [0.1, 0.15) is 12.4 Å². The van der Waals surface area contributed by atoms with Crippen LogP contribution in [0, 0.1) is 5.82 Å². The van der Waals surface area contributed by atoms with Gasteiger partial charge in [0.2, 0.25) is 5.91 Å². The molecule has 1 aromatic carbocycles. The van der Waals surface area contributed by atoms with E-state index in [1.165, 1.54) is 18.2 Å². The number of carbonyl (C=O) groups is 2. The van der Waals surface area contributed by atoms with Crippen molar-refractivity contribution in [3.63, 3.8) is 0 Å². The zero-order valence-corrected chi connectivity index (χ0v) is 9.63. The number of nitrogens with one attached hydrogen (secondary N) is 1. The van der Waals surface area contributed by atoms with Gasteiger partial charge in [-0.2, -0.15) is 0 Å². The molecular formula is C11H11ClFNO3. The minimum atomic E-state index is -1.12. The summed E-state index contributed by atoms with van der Waals surface area (Å²) in [5.74, 6) is -2.04. The van der Waals surface area contributed by atoms with Crippen molar-refractivity contribution in [3.8, 4) is 0 Å². The number of benzene rings is 1. The van der Waals surface area contributed by atoms with E-state index in [2.05, 4.69) is 5.32 Å². The number of halogens is 2. The van der Waals surface area contributed by atoms with Gasteiger partial charge in [-0.3, -0.25) is 9.59 Å². The number of carboxylic acid groups (broad SMARTS) is 1. The lowest BCUT2D eigenvalue weighted by atomic mass is 10.1. The van der Waals surface area contributed by atoms with Crippen LogP contribution in [0.3, 0.4) is 0 Å². The molecule has 2 N–H and O–H groups in total. The highest BCUT2D eigenvalue weighted by molar-refractivity contribution is 6.31. The van der Waals surface area contributed by atoms with E-state index >= 15 is 0 Å². The van der Waals surface area contributed by atoms with Crippen LogP contribution in [-0.2, 0) is 16.0 Å². The fraction of sp³-hybridized carbons (Fsp3) is 0.273. The van der Waals surface area contributed by atoms with Gasteiger partial charge in [-0.15, -0.1) is 0 Å². The quantitative estimate of drug-likeness (QED) is 0.844. The van der Waals surface area contributed by atoms with Gasteiger partial charge in [-0.1, -0.05) is 17.7 Å². The fourth-order valence-electron chi connectivity index (χ4n) is 1.27. The SMILES string of the molecule is O=C(O)CNC(=O)CCc1c(F)cccc1Cl. The van der Waals surface area contributed by atoms with E-state index in [-0.39, 0.29) is 23.4 Å². The summed E-state index contributed by atoms with van der Waals surface area (Å²) in [5.41, 5.74) is 0.264. The molecule has 0 saturated heterocycles. The monoisotopic (exact) mass is 259 g/mol. The van der Waals surface area contributed by atoms with E-state index in [9.17, 15) is 14.0 Å². The summed E-state index contributed by atoms with van der Waals surface area (Å²) in [6, 6.07) is 4.27. The van der Waals surface area contributed by atoms with Crippen molar-refractivity contribution in [2.75, 3.05) is 6.54 Å². The third kappa shape index (κ3) is 4.40. The minimum absolute atomic E-state index is 0.00602. The first-order valence-electron chi connectivity index (χ1n) is 4.92. The molecule has 0 aliphatic heterocycles. The lowest BCUT2D eigenvalue weighted by molar-refractivity contribution is -0.137. The Labute approximate surface area is 102 Å². The molecule has 1 amide bonds. The number of rotatable bonds is 5. The first-order chi connectivity index (χ1) is 8.00. The predicted molar refractivity (Wildman–Crippen MR) is 60.4 cm³/mol. The van der Waals surface area contributed by atoms with Crippen molar-refractivity contribution in [2.45, 2.75) is 12.8 Å². The number of hydrogen-bond acceptors (Lipinski definition) is 2. The Morgan fingerprint density at radius 2 is 2.12 bits per heavy atom. The molecule has 0 spiro atoms. The molecule has 6 heteroatoms. The summed E-state index contributed by atoms with van der Waals surface area (Å²) in [7, 11) is 0.